The number of piperazine rings is 1. The Labute approximate surface area is 136 Å². The van der Waals surface area contributed by atoms with E-state index in [1.165, 1.54) is 10.6 Å². The highest BCUT2D eigenvalue weighted by Crippen LogP contribution is 2.23. The quantitative estimate of drug-likeness (QED) is 0.788. The first-order chi connectivity index (χ1) is 10.3. The third-order valence-corrected chi connectivity index (χ3v) is 5.29. The minimum Gasteiger partial charge on any atom is -0.337 e. The molecule has 22 heavy (non-hydrogen) atoms. The van der Waals surface area contributed by atoms with Crippen LogP contribution < -0.4 is 0 Å². The second-order valence-electron chi connectivity index (χ2n) is 5.29. The average molecular weight is 343 g/mol. The van der Waals surface area contributed by atoms with Gasteiger partial charge in [0.05, 0.1) is 6.26 Å². The number of carbonyl (C=O) groups excluding carboxylic acids is 1. The van der Waals surface area contributed by atoms with Gasteiger partial charge in [0, 0.05) is 37.3 Å². The van der Waals surface area contributed by atoms with Crippen LogP contribution in [0.4, 0.5) is 0 Å². The maximum atomic E-state index is 12.3. The van der Waals surface area contributed by atoms with Gasteiger partial charge in [-0.3, -0.25) is 4.79 Å². The van der Waals surface area contributed by atoms with Crippen LogP contribution >= 0.6 is 11.6 Å². The van der Waals surface area contributed by atoms with Gasteiger partial charge in [-0.1, -0.05) is 29.8 Å². The van der Waals surface area contributed by atoms with Crippen molar-refractivity contribution in [2.24, 2.45) is 0 Å². The average Bonchev–Trinajstić information content (AvgIpc) is 2.46. The van der Waals surface area contributed by atoms with Crippen LogP contribution in [0.2, 0.25) is 5.02 Å². The Morgan fingerprint density at radius 3 is 2.32 bits per heavy atom. The van der Waals surface area contributed by atoms with Gasteiger partial charge >= 0.3 is 0 Å². The van der Waals surface area contributed by atoms with Crippen molar-refractivity contribution in [3.8, 4) is 0 Å². The van der Waals surface area contributed by atoms with Gasteiger partial charge in [-0.05, 0) is 24.1 Å². The number of benzene rings is 1. The van der Waals surface area contributed by atoms with E-state index in [9.17, 15) is 13.2 Å². The minimum absolute atomic E-state index is 0.120. The summed E-state index contributed by atoms with van der Waals surface area (Å²) in [6.07, 6.45) is 2.74. The molecule has 0 atom stereocenters. The van der Waals surface area contributed by atoms with E-state index < -0.39 is 10.0 Å². The molecule has 0 aliphatic carbocycles. The monoisotopic (exact) mass is 342 g/mol. The molecule has 2 rings (SSSR count). The first-order valence-electron chi connectivity index (χ1n) is 6.96. The lowest BCUT2D eigenvalue weighted by molar-refractivity contribution is -0.127. The summed E-state index contributed by atoms with van der Waals surface area (Å²) in [6.45, 7) is 3.31. The number of carbonyl (C=O) groups is 1. The summed E-state index contributed by atoms with van der Waals surface area (Å²) in [5.74, 6) is -0.120. The third-order valence-electron chi connectivity index (χ3n) is 3.66. The molecule has 0 aromatic heterocycles. The van der Waals surface area contributed by atoms with E-state index in [1.54, 1.807) is 17.0 Å². The summed E-state index contributed by atoms with van der Waals surface area (Å²) in [5.41, 5.74) is 1.62. The van der Waals surface area contributed by atoms with Gasteiger partial charge in [-0.2, -0.15) is 4.31 Å². The second-order valence-corrected chi connectivity index (χ2v) is 7.68. The zero-order valence-electron chi connectivity index (χ0n) is 12.6. The molecule has 0 unspecified atom stereocenters. The summed E-state index contributed by atoms with van der Waals surface area (Å²) < 4.78 is 24.3. The van der Waals surface area contributed by atoms with Crippen molar-refractivity contribution in [3.63, 3.8) is 0 Å². The van der Waals surface area contributed by atoms with E-state index in [0.29, 0.717) is 31.2 Å². The molecule has 1 fully saturated rings. The Morgan fingerprint density at radius 2 is 1.77 bits per heavy atom. The smallest absolute Gasteiger partial charge is 0.246 e. The highest BCUT2D eigenvalue weighted by Gasteiger charge is 2.25. The van der Waals surface area contributed by atoms with Crippen molar-refractivity contribution in [3.05, 3.63) is 40.9 Å². The number of rotatable bonds is 3. The Balaban J connectivity index is 2.05. The molecule has 1 heterocycles. The molecule has 1 aromatic carbocycles. The van der Waals surface area contributed by atoms with E-state index >= 15 is 0 Å². The van der Waals surface area contributed by atoms with Crippen LogP contribution in [0.1, 0.15) is 12.5 Å². The van der Waals surface area contributed by atoms with Gasteiger partial charge in [-0.25, -0.2) is 8.42 Å². The number of amides is 1. The van der Waals surface area contributed by atoms with Crippen molar-refractivity contribution in [1.29, 1.82) is 0 Å². The summed E-state index contributed by atoms with van der Waals surface area (Å²) >= 11 is 6.12. The van der Waals surface area contributed by atoms with E-state index in [1.807, 2.05) is 25.1 Å². The number of allylic oxidation sites excluding steroid dienone is 1. The molecule has 1 aliphatic heterocycles. The highest BCUT2D eigenvalue weighted by atomic mass is 35.5. The van der Waals surface area contributed by atoms with E-state index in [2.05, 4.69) is 0 Å². The van der Waals surface area contributed by atoms with Gasteiger partial charge < -0.3 is 4.90 Å². The summed E-state index contributed by atoms with van der Waals surface area (Å²) in [5, 5.41) is 0.603. The van der Waals surface area contributed by atoms with Crippen molar-refractivity contribution in [2.45, 2.75) is 6.92 Å². The Morgan fingerprint density at radius 1 is 1.18 bits per heavy atom. The summed E-state index contributed by atoms with van der Waals surface area (Å²) in [4.78, 5) is 13.9. The molecule has 0 N–H and O–H groups in total. The fourth-order valence-electron chi connectivity index (χ4n) is 2.38. The largest absolute Gasteiger partial charge is 0.337 e. The molecule has 1 aromatic rings. The number of hydrogen-bond acceptors (Lipinski definition) is 3. The SMILES string of the molecule is C/C(=C/C(=O)N1CCN(S(C)(=O)=O)CC1)c1ccccc1Cl. The molecule has 5 nitrogen and oxygen atoms in total. The third kappa shape index (κ3) is 4.09. The number of sulfonamides is 1. The van der Waals surface area contributed by atoms with Crippen molar-refractivity contribution in [2.75, 3.05) is 32.4 Å². The molecule has 0 saturated carbocycles. The molecular weight excluding hydrogens is 324 g/mol. The number of hydrogen-bond donors (Lipinski definition) is 0. The van der Waals surface area contributed by atoms with Crippen LogP contribution in [0.5, 0.6) is 0 Å². The highest BCUT2D eigenvalue weighted by molar-refractivity contribution is 7.88. The molecule has 1 saturated heterocycles. The first kappa shape index (κ1) is 17.0. The van der Waals surface area contributed by atoms with Gasteiger partial charge in [0.1, 0.15) is 0 Å². The summed E-state index contributed by atoms with van der Waals surface area (Å²) in [7, 11) is -3.18. The Bertz CT molecular complexity index is 692. The molecule has 1 aliphatic rings. The van der Waals surface area contributed by atoms with E-state index in [0.717, 1.165) is 11.1 Å². The fraction of sp³-hybridized carbons (Fsp3) is 0.400. The second kappa shape index (κ2) is 6.81. The normalized spacial score (nSPS) is 17.6. The van der Waals surface area contributed by atoms with Gasteiger partial charge in [0.2, 0.25) is 15.9 Å². The molecular formula is C15H19ClN2O3S. The molecule has 120 valence electrons. The molecule has 1 amide bonds. The molecule has 0 bridgehead atoms. The van der Waals surface area contributed by atoms with Gasteiger partial charge in [0.15, 0.2) is 0 Å². The van der Waals surface area contributed by atoms with Crippen molar-refractivity contribution >= 4 is 33.1 Å². The zero-order valence-corrected chi connectivity index (χ0v) is 14.2. The maximum Gasteiger partial charge on any atom is 0.246 e. The number of nitrogens with zero attached hydrogens (tertiary/aromatic N) is 2. The Hall–Kier alpha value is -1.37. The maximum absolute atomic E-state index is 12.3. The van der Waals surface area contributed by atoms with Gasteiger partial charge in [-0.15, -0.1) is 0 Å². The summed E-state index contributed by atoms with van der Waals surface area (Å²) in [6, 6.07) is 7.35. The van der Waals surface area contributed by atoms with Crippen LogP contribution in [0.3, 0.4) is 0 Å². The topological polar surface area (TPSA) is 57.7 Å². The lowest BCUT2D eigenvalue weighted by Crippen LogP contribution is -2.49. The molecule has 0 spiro atoms. The van der Waals surface area contributed by atoms with Crippen LogP contribution in [0.15, 0.2) is 30.3 Å². The van der Waals surface area contributed by atoms with Crippen LogP contribution in [-0.2, 0) is 14.8 Å². The minimum atomic E-state index is -3.18. The molecule has 7 heteroatoms. The van der Waals surface area contributed by atoms with E-state index in [-0.39, 0.29) is 5.91 Å². The first-order valence-corrected chi connectivity index (χ1v) is 9.19. The standard InChI is InChI=1S/C15H19ClN2O3S/c1-12(13-5-3-4-6-14(13)16)11-15(19)17-7-9-18(10-8-17)22(2,20)21/h3-6,11H,7-10H2,1-2H3/b12-11-. The number of halogens is 1. The predicted octanol–water partition coefficient (Wildman–Crippen LogP) is 1.85. The van der Waals surface area contributed by atoms with Crippen LogP contribution in [-0.4, -0.2) is 56.0 Å². The Kier molecular flexibility index (Phi) is 5.26. The van der Waals surface area contributed by atoms with E-state index in [4.69, 9.17) is 11.6 Å². The lowest BCUT2D eigenvalue weighted by atomic mass is 10.1. The van der Waals surface area contributed by atoms with Crippen molar-refractivity contribution < 1.29 is 13.2 Å². The zero-order chi connectivity index (χ0) is 16.3. The fourth-order valence-corrected chi connectivity index (χ4v) is 3.49. The van der Waals surface area contributed by atoms with Crippen molar-refractivity contribution in [1.82, 2.24) is 9.21 Å². The van der Waals surface area contributed by atoms with Crippen LogP contribution in [0.25, 0.3) is 5.57 Å². The molecule has 0 radical (unpaired) electrons. The van der Waals surface area contributed by atoms with Crippen LogP contribution in [0, 0.1) is 0 Å². The lowest BCUT2D eigenvalue weighted by Gasteiger charge is -2.32. The predicted molar refractivity (Wildman–Crippen MR) is 88.1 cm³/mol. The van der Waals surface area contributed by atoms with Gasteiger partial charge in [0.25, 0.3) is 0 Å².